The van der Waals surface area contributed by atoms with Crippen LogP contribution in [0.15, 0.2) is 47.5 Å². The van der Waals surface area contributed by atoms with Crippen molar-refractivity contribution < 1.29 is 8.78 Å². The van der Waals surface area contributed by atoms with Crippen LogP contribution < -0.4 is 16.4 Å². The second-order valence-electron chi connectivity index (χ2n) is 6.46. The normalized spacial score (nSPS) is 18.6. The number of H-pyrrole nitrogens is 2. The maximum atomic E-state index is 14.1. The molecule has 0 spiro atoms. The number of rotatable bonds is 2. The molecule has 2 atom stereocenters. The Morgan fingerprint density at radius 2 is 1.82 bits per heavy atom. The molecule has 2 unspecified atom stereocenters. The van der Waals surface area contributed by atoms with Crippen LogP contribution in [0.1, 0.15) is 29.0 Å². The van der Waals surface area contributed by atoms with Gasteiger partial charge in [0, 0.05) is 5.39 Å². The van der Waals surface area contributed by atoms with E-state index in [0.29, 0.717) is 22.6 Å². The molecule has 1 aliphatic rings. The third-order valence-corrected chi connectivity index (χ3v) is 4.83. The summed E-state index contributed by atoms with van der Waals surface area (Å²) in [5.41, 5.74) is 7.19. The summed E-state index contributed by atoms with van der Waals surface area (Å²) in [7, 11) is 0. The van der Waals surface area contributed by atoms with Crippen molar-refractivity contribution in [3.05, 3.63) is 81.8 Å². The molecule has 0 saturated carbocycles. The monoisotopic (exact) mass is 381 g/mol. The number of anilines is 1. The van der Waals surface area contributed by atoms with Gasteiger partial charge < -0.3 is 5.43 Å². The quantitative estimate of drug-likeness (QED) is 0.423. The number of nitrogens with one attached hydrogen (secondary N) is 4. The van der Waals surface area contributed by atoms with Gasteiger partial charge in [-0.3, -0.25) is 9.89 Å². The molecule has 28 heavy (non-hydrogen) atoms. The maximum Gasteiger partial charge on any atom is 0.272 e. The molecule has 0 saturated heterocycles. The highest BCUT2D eigenvalue weighted by molar-refractivity contribution is 5.96. The van der Waals surface area contributed by atoms with Gasteiger partial charge in [-0.25, -0.2) is 24.3 Å². The Morgan fingerprint density at radius 1 is 1.00 bits per heavy atom. The lowest BCUT2D eigenvalue weighted by atomic mass is 9.88. The molecule has 10 heteroatoms. The Morgan fingerprint density at radius 3 is 2.57 bits per heavy atom. The van der Waals surface area contributed by atoms with Gasteiger partial charge in [0.05, 0.1) is 28.7 Å². The van der Waals surface area contributed by atoms with Crippen molar-refractivity contribution in [2.45, 2.75) is 12.0 Å². The summed E-state index contributed by atoms with van der Waals surface area (Å²) in [5, 5.41) is 14.1. The summed E-state index contributed by atoms with van der Waals surface area (Å²) in [4.78, 5) is 16.5. The standard InChI is InChI=1S/C18H13F2N7O/c19-9-3-1-8(2-4-9)15-14(17-21-7-22-26-17)16-13-11(18(28)27-25-16)5-10(20)6-12(13)23-24-15/h1-7,14-15,23-24H,(H,27,28)(H,21,22,26). The van der Waals surface area contributed by atoms with Crippen molar-refractivity contribution in [1.82, 2.24) is 30.8 Å². The van der Waals surface area contributed by atoms with Gasteiger partial charge >= 0.3 is 0 Å². The van der Waals surface area contributed by atoms with Gasteiger partial charge in [-0.05, 0) is 29.8 Å². The molecule has 4 aromatic rings. The lowest BCUT2D eigenvalue weighted by Gasteiger charge is -2.24. The lowest BCUT2D eigenvalue weighted by molar-refractivity contribution is 0.504. The average Bonchev–Trinajstić information content (AvgIpc) is 3.16. The van der Waals surface area contributed by atoms with Crippen LogP contribution in [0.2, 0.25) is 0 Å². The van der Waals surface area contributed by atoms with Crippen molar-refractivity contribution in [1.29, 1.82) is 0 Å². The number of nitrogens with zero attached hydrogens (tertiary/aromatic N) is 3. The summed E-state index contributed by atoms with van der Waals surface area (Å²) in [6.45, 7) is 0. The smallest absolute Gasteiger partial charge is 0.272 e. The molecule has 1 aliphatic heterocycles. The summed E-state index contributed by atoms with van der Waals surface area (Å²) in [5.74, 6) is -0.958. The van der Waals surface area contributed by atoms with Gasteiger partial charge in [0.2, 0.25) is 0 Å². The summed E-state index contributed by atoms with van der Waals surface area (Å²) in [6, 6.07) is 7.95. The molecule has 0 amide bonds. The van der Waals surface area contributed by atoms with Gasteiger partial charge in [0.25, 0.3) is 5.56 Å². The average molecular weight is 381 g/mol. The molecule has 0 fully saturated rings. The van der Waals surface area contributed by atoms with Crippen molar-refractivity contribution in [2.24, 2.45) is 0 Å². The SMILES string of the molecule is O=c1[nH]nc2c3c(cc(F)cc13)NNC(c1ccc(F)cc1)C2c1ncn[nH]1. The van der Waals surface area contributed by atoms with E-state index in [0.717, 1.165) is 5.56 Å². The number of aromatic amines is 2. The van der Waals surface area contributed by atoms with E-state index in [9.17, 15) is 13.6 Å². The van der Waals surface area contributed by atoms with Crippen LogP contribution in [-0.4, -0.2) is 25.4 Å². The summed E-state index contributed by atoms with van der Waals surface area (Å²) >= 11 is 0. The Hall–Kier alpha value is -3.66. The molecule has 8 nitrogen and oxygen atoms in total. The second kappa shape index (κ2) is 6.20. The highest BCUT2D eigenvalue weighted by Crippen LogP contribution is 2.41. The van der Waals surface area contributed by atoms with Crippen molar-refractivity contribution in [3.63, 3.8) is 0 Å². The van der Waals surface area contributed by atoms with Gasteiger partial charge in [-0.2, -0.15) is 10.2 Å². The van der Waals surface area contributed by atoms with Crippen LogP contribution in [0.5, 0.6) is 0 Å². The fourth-order valence-corrected chi connectivity index (χ4v) is 3.61. The van der Waals surface area contributed by atoms with Crippen LogP contribution in [0, 0.1) is 11.6 Å². The minimum atomic E-state index is -0.559. The van der Waals surface area contributed by atoms with E-state index in [4.69, 9.17) is 0 Å². The van der Waals surface area contributed by atoms with Crippen molar-refractivity contribution in [3.8, 4) is 0 Å². The minimum absolute atomic E-state index is 0.165. The van der Waals surface area contributed by atoms with E-state index < -0.39 is 23.3 Å². The fraction of sp³-hybridized carbons (Fsp3) is 0.111. The first-order chi connectivity index (χ1) is 13.6. The number of hydrogen-bond acceptors (Lipinski definition) is 6. The zero-order chi connectivity index (χ0) is 19.3. The Kier molecular flexibility index (Phi) is 3.66. The molecule has 2 aromatic heterocycles. The fourth-order valence-electron chi connectivity index (χ4n) is 3.61. The van der Waals surface area contributed by atoms with Gasteiger partial charge in [0.1, 0.15) is 23.8 Å². The molecule has 5 rings (SSSR count). The largest absolute Gasteiger partial charge is 0.320 e. The van der Waals surface area contributed by atoms with E-state index in [-0.39, 0.29) is 11.2 Å². The number of aromatic nitrogens is 5. The highest BCUT2D eigenvalue weighted by atomic mass is 19.1. The molecule has 140 valence electrons. The van der Waals surface area contributed by atoms with Gasteiger partial charge in [-0.15, -0.1) is 0 Å². The van der Waals surface area contributed by atoms with E-state index >= 15 is 0 Å². The first-order valence-electron chi connectivity index (χ1n) is 8.46. The Balaban J connectivity index is 1.80. The zero-order valence-electron chi connectivity index (χ0n) is 14.2. The minimum Gasteiger partial charge on any atom is -0.320 e. The van der Waals surface area contributed by atoms with Crippen molar-refractivity contribution in [2.75, 3.05) is 5.43 Å². The zero-order valence-corrected chi connectivity index (χ0v) is 14.2. The molecule has 0 bridgehead atoms. The van der Waals surface area contributed by atoms with Crippen LogP contribution in [0.25, 0.3) is 10.8 Å². The predicted octanol–water partition coefficient (Wildman–Crippen LogP) is 2.12. The van der Waals surface area contributed by atoms with Gasteiger partial charge in [0.15, 0.2) is 0 Å². The second-order valence-corrected chi connectivity index (χ2v) is 6.46. The number of halogens is 2. The molecule has 2 aromatic carbocycles. The molecule has 4 N–H and O–H groups in total. The Labute approximate surface area is 156 Å². The molecular weight excluding hydrogens is 368 g/mol. The third kappa shape index (κ3) is 2.54. The first kappa shape index (κ1) is 16.5. The van der Waals surface area contributed by atoms with Gasteiger partial charge in [-0.1, -0.05) is 12.1 Å². The van der Waals surface area contributed by atoms with E-state index in [1.807, 2.05) is 0 Å². The molecule has 0 radical (unpaired) electrons. The van der Waals surface area contributed by atoms with Crippen LogP contribution in [0.3, 0.4) is 0 Å². The van der Waals surface area contributed by atoms with E-state index in [1.165, 1.54) is 30.6 Å². The number of benzene rings is 2. The molecular formula is C18H13F2N7O. The maximum absolute atomic E-state index is 14.1. The topological polar surface area (TPSA) is 111 Å². The highest BCUT2D eigenvalue weighted by Gasteiger charge is 2.35. The van der Waals surface area contributed by atoms with Crippen molar-refractivity contribution >= 4 is 16.5 Å². The lowest BCUT2D eigenvalue weighted by Crippen LogP contribution is -2.31. The first-order valence-corrected chi connectivity index (χ1v) is 8.46. The number of hydrazine groups is 1. The van der Waals surface area contributed by atoms with E-state index in [2.05, 4.69) is 36.2 Å². The summed E-state index contributed by atoms with van der Waals surface area (Å²) < 4.78 is 27.5. The van der Waals surface area contributed by atoms with Crippen LogP contribution >= 0.6 is 0 Å². The molecule has 3 heterocycles. The van der Waals surface area contributed by atoms with Crippen LogP contribution in [0.4, 0.5) is 14.5 Å². The van der Waals surface area contributed by atoms with Crippen LogP contribution in [-0.2, 0) is 0 Å². The summed E-state index contributed by atoms with van der Waals surface area (Å²) in [6.07, 6.45) is 1.36. The third-order valence-electron chi connectivity index (χ3n) is 4.83. The Bertz CT molecular complexity index is 1220. The molecule has 0 aliphatic carbocycles. The predicted molar refractivity (Wildman–Crippen MR) is 96.4 cm³/mol. The van der Waals surface area contributed by atoms with E-state index in [1.54, 1.807) is 12.1 Å². The number of hydrogen-bond donors (Lipinski definition) is 4.